The number of nitrogens with zero attached hydrogens (tertiary/aromatic N) is 1. The van der Waals surface area contributed by atoms with E-state index in [1.807, 2.05) is 30.3 Å². The van der Waals surface area contributed by atoms with Crippen molar-refractivity contribution < 1.29 is 4.92 Å². The van der Waals surface area contributed by atoms with E-state index >= 15 is 0 Å². The third-order valence-electron chi connectivity index (χ3n) is 1.31. The van der Waals surface area contributed by atoms with Crippen molar-refractivity contribution in [3.05, 3.63) is 46.0 Å². The van der Waals surface area contributed by atoms with Crippen LogP contribution in [0.4, 0.5) is 0 Å². The molecule has 1 aromatic carbocycles. The first-order valence-electron chi connectivity index (χ1n) is 3.52. The first-order valence-corrected chi connectivity index (χ1v) is 4.68. The second-order valence-corrected chi connectivity index (χ2v) is 3.25. The summed E-state index contributed by atoms with van der Waals surface area (Å²) in [7, 11) is 0. The average molecular weight is 183 g/mol. The summed E-state index contributed by atoms with van der Waals surface area (Å²) in [5.41, 5.74) is 1.13. The normalized spacial score (nSPS) is 9.67. The van der Waals surface area contributed by atoms with Gasteiger partial charge < -0.3 is 0 Å². The van der Waals surface area contributed by atoms with Crippen LogP contribution in [-0.4, -0.2) is 10.8 Å². The first-order chi connectivity index (χ1) is 5.79. The molecular weight excluding hydrogens is 174 g/mol. The fourth-order valence-electron chi connectivity index (χ4n) is 0.812. The predicted molar refractivity (Wildman–Crippen MR) is 49.6 cm³/mol. The third kappa shape index (κ3) is 3.39. The highest BCUT2D eigenvalue weighted by Crippen LogP contribution is 2.10. The Balaban J connectivity index is 2.29. The number of hydrogen-bond acceptors (Lipinski definition) is 3. The number of thioether (sulfide) groups is 1. The summed E-state index contributed by atoms with van der Waals surface area (Å²) in [4.78, 5) is 9.66. The van der Waals surface area contributed by atoms with E-state index in [0.29, 0.717) is 5.75 Å². The van der Waals surface area contributed by atoms with Gasteiger partial charge in [-0.15, -0.1) is 0 Å². The minimum atomic E-state index is -0.312. The van der Waals surface area contributed by atoms with Crippen LogP contribution < -0.4 is 0 Å². The van der Waals surface area contributed by atoms with Gasteiger partial charge in [0, 0.05) is 10.7 Å². The molecule has 0 saturated heterocycles. The van der Waals surface area contributed by atoms with Gasteiger partial charge in [0.15, 0.2) is 0 Å². The maximum atomic E-state index is 9.97. The molecule has 0 heterocycles. The Morgan fingerprint density at radius 2 is 2.00 bits per heavy atom. The zero-order valence-corrected chi connectivity index (χ0v) is 7.29. The Kier molecular flexibility index (Phi) is 3.60. The summed E-state index contributed by atoms with van der Waals surface area (Å²) in [6.07, 6.45) is 0. The molecule has 0 bridgehead atoms. The van der Waals surface area contributed by atoms with Crippen LogP contribution >= 0.6 is 11.8 Å². The van der Waals surface area contributed by atoms with Crippen LogP contribution in [-0.2, 0) is 5.75 Å². The van der Waals surface area contributed by atoms with E-state index in [-0.39, 0.29) is 10.8 Å². The molecule has 3 nitrogen and oxygen atoms in total. The van der Waals surface area contributed by atoms with Crippen molar-refractivity contribution in [3.8, 4) is 0 Å². The van der Waals surface area contributed by atoms with Crippen LogP contribution in [0.5, 0.6) is 0 Å². The van der Waals surface area contributed by atoms with E-state index < -0.39 is 0 Å². The molecule has 0 aromatic heterocycles. The summed E-state index contributed by atoms with van der Waals surface area (Å²) < 4.78 is 0. The Bertz CT molecular complexity index is 250. The monoisotopic (exact) mass is 183 g/mol. The molecule has 0 fully saturated rings. The van der Waals surface area contributed by atoms with Crippen LogP contribution in [0, 0.1) is 10.1 Å². The summed E-state index contributed by atoms with van der Waals surface area (Å²) in [6, 6.07) is 9.73. The van der Waals surface area contributed by atoms with E-state index in [2.05, 4.69) is 0 Å². The van der Waals surface area contributed by atoms with Gasteiger partial charge in [0.2, 0.25) is 5.88 Å². The van der Waals surface area contributed by atoms with Gasteiger partial charge in [0.25, 0.3) is 0 Å². The van der Waals surface area contributed by atoms with Gasteiger partial charge in [0.1, 0.15) is 0 Å². The van der Waals surface area contributed by atoms with Crippen molar-refractivity contribution in [2.45, 2.75) is 5.75 Å². The van der Waals surface area contributed by atoms with Gasteiger partial charge in [-0.1, -0.05) is 42.1 Å². The highest BCUT2D eigenvalue weighted by Gasteiger charge is 1.97. The van der Waals surface area contributed by atoms with Crippen molar-refractivity contribution in [1.82, 2.24) is 0 Å². The largest absolute Gasteiger partial charge is 0.264 e. The second kappa shape index (κ2) is 4.77. The lowest BCUT2D eigenvalue weighted by Gasteiger charge is -1.96. The Morgan fingerprint density at radius 3 is 2.58 bits per heavy atom. The first kappa shape index (κ1) is 9.06. The van der Waals surface area contributed by atoms with Crippen molar-refractivity contribution >= 4 is 11.8 Å². The predicted octanol–water partition coefficient (Wildman–Crippen LogP) is 2.15. The Labute approximate surface area is 74.9 Å². The minimum Gasteiger partial charge on any atom is -0.264 e. The minimum absolute atomic E-state index is 0.0190. The van der Waals surface area contributed by atoms with Gasteiger partial charge in [-0.05, 0) is 5.56 Å². The lowest BCUT2D eigenvalue weighted by Crippen LogP contribution is -1.95. The number of nitro groups is 1. The van der Waals surface area contributed by atoms with Gasteiger partial charge in [-0.25, -0.2) is 0 Å². The lowest BCUT2D eigenvalue weighted by molar-refractivity contribution is -0.456. The SMILES string of the molecule is O=[N+]([O-])CSCc1ccccc1. The van der Waals surface area contributed by atoms with Gasteiger partial charge in [0.05, 0.1) is 0 Å². The maximum Gasteiger partial charge on any atom is 0.249 e. The summed E-state index contributed by atoms with van der Waals surface area (Å²) >= 11 is 1.32. The zero-order valence-electron chi connectivity index (χ0n) is 6.47. The van der Waals surface area contributed by atoms with Crippen LogP contribution in [0.2, 0.25) is 0 Å². The molecule has 0 atom stereocenters. The topological polar surface area (TPSA) is 43.1 Å². The van der Waals surface area contributed by atoms with E-state index in [4.69, 9.17) is 0 Å². The van der Waals surface area contributed by atoms with Crippen LogP contribution in [0.1, 0.15) is 5.56 Å². The smallest absolute Gasteiger partial charge is 0.249 e. The fraction of sp³-hybridized carbons (Fsp3) is 0.250. The molecular formula is C8H9NO2S. The summed E-state index contributed by atoms with van der Waals surface area (Å²) in [5.74, 6) is 0.691. The quantitative estimate of drug-likeness (QED) is 0.408. The average Bonchev–Trinajstić information content (AvgIpc) is 2.05. The molecule has 1 rings (SSSR count). The Hall–Kier alpha value is -1.03. The molecule has 0 aliphatic heterocycles. The van der Waals surface area contributed by atoms with Crippen LogP contribution in [0.15, 0.2) is 30.3 Å². The van der Waals surface area contributed by atoms with Gasteiger partial charge >= 0.3 is 0 Å². The molecule has 0 N–H and O–H groups in total. The molecule has 0 aliphatic rings. The highest BCUT2D eigenvalue weighted by atomic mass is 32.2. The van der Waals surface area contributed by atoms with Crippen molar-refractivity contribution in [2.24, 2.45) is 0 Å². The molecule has 64 valence electrons. The molecule has 0 aliphatic carbocycles. The number of rotatable bonds is 4. The van der Waals surface area contributed by atoms with Gasteiger partial charge in [-0.2, -0.15) is 0 Å². The van der Waals surface area contributed by atoms with E-state index in [9.17, 15) is 10.1 Å². The molecule has 1 aromatic rings. The molecule has 4 heteroatoms. The van der Waals surface area contributed by atoms with Crippen molar-refractivity contribution in [1.29, 1.82) is 0 Å². The highest BCUT2D eigenvalue weighted by molar-refractivity contribution is 7.98. The number of benzene rings is 1. The maximum absolute atomic E-state index is 9.97. The summed E-state index contributed by atoms with van der Waals surface area (Å²) in [6.45, 7) is 0. The van der Waals surface area contributed by atoms with Crippen molar-refractivity contribution in [2.75, 3.05) is 5.88 Å². The van der Waals surface area contributed by atoms with Gasteiger partial charge in [-0.3, -0.25) is 10.1 Å². The molecule has 0 saturated carbocycles. The molecule has 12 heavy (non-hydrogen) atoms. The second-order valence-electron chi connectivity index (χ2n) is 2.30. The third-order valence-corrected chi connectivity index (χ3v) is 2.24. The van der Waals surface area contributed by atoms with Crippen molar-refractivity contribution in [3.63, 3.8) is 0 Å². The Morgan fingerprint density at radius 1 is 1.33 bits per heavy atom. The van der Waals surface area contributed by atoms with E-state index in [0.717, 1.165) is 5.56 Å². The van der Waals surface area contributed by atoms with E-state index in [1.165, 1.54) is 11.8 Å². The number of hydrogen-bond donors (Lipinski definition) is 0. The van der Waals surface area contributed by atoms with E-state index in [1.54, 1.807) is 0 Å². The molecule has 0 unspecified atom stereocenters. The van der Waals surface area contributed by atoms with Crippen LogP contribution in [0.3, 0.4) is 0 Å². The standard InChI is InChI=1S/C8H9NO2S/c10-9(11)7-12-6-8-4-2-1-3-5-8/h1-5H,6-7H2. The van der Waals surface area contributed by atoms with Crippen LogP contribution in [0.25, 0.3) is 0 Å². The molecule has 0 spiro atoms. The molecule has 0 radical (unpaired) electrons. The zero-order chi connectivity index (χ0) is 8.81. The lowest BCUT2D eigenvalue weighted by atomic mass is 10.2. The fourth-order valence-corrected chi connectivity index (χ4v) is 1.48. The molecule has 0 amide bonds. The summed E-state index contributed by atoms with van der Waals surface area (Å²) in [5, 5.41) is 9.97.